The lowest BCUT2D eigenvalue weighted by molar-refractivity contribution is -0.121. The number of rotatable bonds is 2. The third-order valence-corrected chi connectivity index (χ3v) is 1.81. The van der Waals surface area contributed by atoms with Crippen LogP contribution in [-0.2, 0) is 9.53 Å². The Morgan fingerprint density at radius 2 is 2.58 bits per heavy atom. The molecule has 3 heteroatoms. The van der Waals surface area contributed by atoms with Crippen LogP contribution >= 0.6 is 0 Å². The van der Waals surface area contributed by atoms with Crippen LogP contribution in [-0.4, -0.2) is 25.2 Å². The molecule has 12 heavy (non-hydrogen) atoms. The van der Waals surface area contributed by atoms with Crippen molar-refractivity contribution in [2.45, 2.75) is 25.8 Å². The summed E-state index contributed by atoms with van der Waals surface area (Å²) in [5, 5.41) is 2.90. The summed E-state index contributed by atoms with van der Waals surface area (Å²) in [4.78, 5) is 11.0. The summed E-state index contributed by atoms with van der Waals surface area (Å²) in [6, 6.07) is 0.163. The topological polar surface area (TPSA) is 38.3 Å². The van der Waals surface area contributed by atoms with Crippen molar-refractivity contribution >= 4 is 5.91 Å². The van der Waals surface area contributed by atoms with Crippen LogP contribution in [0.1, 0.15) is 19.8 Å². The van der Waals surface area contributed by atoms with Gasteiger partial charge in [0, 0.05) is 6.42 Å². The van der Waals surface area contributed by atoms with Crippen molar-refractivity contribution in [2.75, 3.05) is 13.2 Å². The monoisotopic (exact) mass is 169 g/mol. The van der Waals surface area contributed by atoms with Gasteiger partial charge >= 0.3 is 0 Å². The molecule has 0 spiro atoms. The SMILES string of the molecule is C/C=C/CC1COCCC(=O)N1. The molecule has 0 radical (unpaired) electrons. The fraction of sp³-hybridized carbons (Fsp3) is 0.667. The molecule has 1 aliphatic rings. The largest absolute Gasteiger partial charge is 0.379 e. The lowest BCUT2D eigenvalue weighted by Crippen LogP contribution is -2.34. The second-order valence-electron chi connectivity index (χ2n) is 2.89. The van der Waals surface area contributed by atoms with Gasteiger partial charge < -0.3 is 10.1 Å². The smallest absolute Gasteiger partial charge is 0.222 e. The molecule has 0 aromatic rings. The predicted octanol–water partition coefficient (Wildman–Crippen LogP) is 0.858. The molecule has 68 valence electrons. The third-order valence-electron chi connectivity index (χ3n) is 1.81. The quantitative estimate of drug-likeness (QED) is 0.622. The number of amides is 1. The van der Waals surface area contributed by atoms with Crippen LogP contribution in [0, 0.1) is 0 Å². The first-order valence-corrected chi connectivity index (χ1v) is 4.31. The summed E-state index contributed by atoms with van der Waals surface area (Å²) < 4.78 is 5.26. The molecule has 1 N–H and O–H groups in total. The molecule has 1 unspecified atom stereocenters. The summed E-state index contributed by atoms with van der Waals surface area (Å²) >= 11 is 0. The molecule has 0 saturated carbocycles. The van der Waals surface area contributed by atoms with Gasteiger partial charge in [-0.2, -0.15) is 0 Å². The number of hydrogen-bond donors (Lipinski definition) is 1. The van der Waals surface area contributed by atoms with E-state index in [4.69, 9.17) is 4.74 Å². The van der Waals surface area contributed by atoms with Crippen molar-refractivity contribution < 1.29 is 9.53 Å². The van der Waals surface area contributed by atoms with E-state index in [9.17, 15) is 4.79 Å². The van der Waals surface area contributed by atoms with Gasteiger partial charge in [0.1, 0.15) is 0 Å². The Morgan fingerprint density at radius 1 is 1.75 bits per heavy atom. The predicted molar refractivity (Wildman–Crippen MR) is 46.8 cm³/mol. The normalized spacial score (nSPS) is 25.4. The van der Waals surface area contributed by atoms with Gasteiger partial charge in [0.2, 0.25) is 5.91 Å². The second-order valence-corrected chi connectivity index (χ2v) is 2.89. The molecule has 1 heterocycles. The van der Waals surface area contributed by atoms with Crippen LogP contribution in [0.3, 0.4) is 0 Å². The molecule has 1 fully saturated rings. The Bertz CT molecular complexity index is 177. The van der Waals surface area contributed by atoms with Crippen LogP contribution in [0.4, 0.5) is 0 Å². The van der Waals surface area contributed by atoms with Crippen LogP contribution in [0.25, 0.3) is 0 Å². The molecule has 1 rings (SSSR count). The Balaban J connectivity index is 2.35. The number of carbonyl (C=O) groups excluding carboxylic acids is 1. The van der Waals surface area contributed by atoms with Crippen molar-refractivity contribution in [3.63, 3.8) is 0 Å². The molecule has 0 bridgehead atoms. The molecular weight excluding hydrogens is 154 g/mol. The number of allylic oxidation sites excluding steroid dienone is 1. The van der Waals surface area contributed by atoms with Gasteiger partial charge in [-0.3, -0.25) is 4.79 Å². The van der Waals surface area contributed by atoms with E-state index in [-0.39, 0.29) is 11.9 Å². The number of hydrogen-bond acceptors (Lipinski definition) is 2. The van der Waals surface area contributed by atoms with Crippen LogP contribution in [0.2, 0.25) is 0 Å². The van der Waals surface area contributed by atoms with Gasteiger partial charge in [0.15, 0.2) is 0 Å². The van der Waals surface area contributed by atoms with E-state index >= 15 is 0 Å². The fourth-order valence-electron chi connectivity index (χ4n) is 1.16. The van der Waals surface area contributed by atoms with Gasteiger partial charge in [-0.15, -0.1) is 0 Å². The molecule has 1 saturated heterocycles. The molecule has 0 aliphatic carbocycles. The molecule has 1 aliphatic heterocycles. The minimum absolute atomic E-state index is 0.0991. The first kappa shape index (κ1) is 9.26. The minimum atomic E-state index is 0.0991. The van der Waals surface area contributed by atoms with E-state index in [2.05, 4.69) is 5.32 Å². The molecule has 0 aromatic carbocycles. The first-order valence-electron chi connectivity index (χ1n) is 4.31. The van der Waals surface area contributed by atoms with Gasteiger partial charge in [-0.25, -0.2) is 0 Å². The average molecular weight is 169 g/mol. The molecule has 1 atom stereocenters. The lowest BCUT2D eigenvalue weighted by atomic mass is 10.2. The zero-order chi connectivity index (χ0) is 8.81. The molecule has 1 amide bonds. The van der Waals surface area contributed by atoms with Crippen LogP contribution in [0.15, 0.2) is 12.2 Å². The highest BCUT2D eigenvalue weighted by atomic mass is 16.5. The van der Waals surface area contributed by atoms with Gasteiger partial charge in [0.25, 0.3) is 0 Å². The maximum Gasteiger partial charge on any atom is 0.222 e. The van der Waals surface area contributed by atoms with Gasteiger partial charge in [-0.05, 0) is 13.3 Å². The Labute approximate surface area is 72.8 Å². The van der Waals surface area contributed by atoms with E-state index in [1.54, 1.807) is 0 Å². The fourth-order valence-corrected chi connectivity index (χ4v) is 1.16. The number of ether oxygens (including phenoxy) is 1. The number of nitrogens with one attached hydrogen (secondary N) is 1. The van der Waals surface area contributed by atoms with Crippen LogP contribution in [0.5, 0.6) is 0 Å². The van der Waals surface area contributed by atoms with E-state index in [1.165, 1.54) is 0 Å². The Kier molecular flexibility index (Phi) is 3.80. The highest BCUT2D eigenvalue weighted by Crippen LogP contribution is 2.00. The summed E-state index contributed by atoms with van der Waals surface area (Å²) in [6.45, 7) is 3.16. The van der Waals surface area contributed by atoms with Crippen molar-refractivity contribution in [3.05, 3.63) is 12.2 Å². The van der Waals surface area contributed by atoms with E-state index in [1.807, 2.05) is 19.1 Å². The zero-order valence-electron chi connectivity index (χ0n) is 7.38. The lowest BCUT2D eigenvalue weighted by Gasteiger charge is -2.12. The first-order chi connectivity index (χ1) is 5.83. The number of carbonyl (C=O) groups is 1. The van der Waals surface area contributed by atoms with Crippen molar-refractivity contribution in [1.82, 2.24) is 5.32 Å². The Morgan fingerprint density at radius 3 is 3.33 bits per heavy atom. The maximum absolute atomic E-state index is 11.0. The summed E-state index contributed by atoms with van der Waals surface area (Å²) in [5.41, 5.74) is 0. The van der Waals surface area contributed by atoms with E-state index in [0.717, 1.165) is 6.42 Å². The summed E-state index contributed by atoms with van der Waals surface area (Å²) in [5.74, 6) is 0.0991. The van der Waals surface area contributed by atoms with Crippen molar-refractivity contribution in [3.8, 4) is 0 Å². The highest BCUT2D eigenvalue weighted by molar-refractivity contribution is 5.76. The summed E-state index contributed by atoms with van der Waals surface area (Å²) in [7, 11) is 0. The standard InChI is InChI=1S/C9H15NO2/c1-2-3-4-8-7-12-6-5-9(11)10-8/h2-3,8H,4-7H2,1H3,(H,10,11)/b3-2+. The zero-order valence-corrected chi connectivity index (χ0v) is 7.38. The second kappa shape index (κ2) is 4.93. The molecule has 0 aromatic heterocycles. The molecular formula is C9H15NO2. The van der Waals surface area contributed by atoms with E-state index in [0.29, 0.717) is 19.6 Å². The third kappa shape index (κ3) is 3.05. The van der Waals surface area contributed by atoms with Crippen molar-refractivity contribution in [2.24, 2.45) is 0 Å². The summed E-state index contributed by atoms with van der Waals surface area (Å²) in [6.07, 6.45) is 5.38. The average Bonchev–Trinajstić information content (AvgIpc) is 2.26. The van der Waals surface area contributed by atoms with E-state index < -0.39 is 0 Å². The Hall–Kier alpha value is -0.830. The maximum atomic E-state index is 11.0. The van der Waals surface area contributed by atoms with Crippen molar-refractivity contribution in [1.29, 1.82) is 0 Å². The van der Waals surface area contributed by atoms with Gasteiger partial charge in [-0.1, -0.05) is 12.2 Å². The van der Waals surface area contributed by atoms with Crippen LogP contribution < -0.4 is 5.32 Å². The molecule has 3 nitrogen and oxygen atoms in total. The minimum Gasteiger partial charge on any atom is -0.379 e. The van der Waals surface area contributed by atoms with Gasteiger partial charge in [0.05, 0.1) is 19.3 Å². The highest BCUT2D eigenvalue weighted by Gasteiger charge is 2.14.